The van der Waals surface area contributed by atoms with Crippen LogP contribution in [0.25, 0.3) is 0 Å². The molecule has 36 heavy (non-hydrogen) atoms. The minimum absolute atomic E-state index is 0.0418. The van der Waals surface area contributed by atoms with Crippen LogP contribution in [-0.4, -0.2) is 48.6 Å². The fourth-order valence-electron chi connectivity index (χ4n) is 5.66. The Morgan fingerprint density at radius 2 is 1.56 bits per heavy atom. The number of carbonyl (C=O) groups excluding carboxylic acids is 4. The lowest BCUT2D eigenvalue weighted by Gasteiger charge is -2.33. The maximum Gasteiger partial charge on any atom is 0.421 e. The quantitative estimate of drug-likeness (QED) is 0.464. The average Bonchev–Trinajstić information content (AvgIpc) is 3.34. The number of anilines is 2. The summed E-state index contributed by atoms with van der Waals surface area (Å²) >= 11 is 5.78. The molecular formula is C26H25N3O6S. The topological polar surface area (TPSA) is 105 Å². The van der Waals surface area contributed by atoms with Gasteiger partial charge >= 0.3 is 12.1 Å². The first-order valence-corrected chi connectivity index (χ1v) is 11.8. The standard InChI is InChI=1S/C26H25N3O6S/c1-24(2,3)35-23(33)29-17-13-9-6-10-14(17)25(21(29)31)18(19(30)34-5)26(27-20(25)36)15-11-7-8-12-16(15)28(4)22(26)32/h6-13,18H,1-5H3,(H,27,36)/t18-,25-,26-/m0/s1. The maximum atomic E-state index is 14.4. The number of likely N-dealkylation sites (N-methyl/N-ethyl adjacent to an activating group) is 1. The highest BCUT2D eigenvalue weighted by atomic mass is 32.1. The molecule has 186 valence electrons. The molecule has 1 N–H and O–H groups in total. The lowest BCUT2D eigenvalue weighted by Crippen LogP contribution is -2.57. The first-order chi connectivity index (χ1) is 16.9. The van der Waals surface area contributed by atoms with Crippen LogP contribution < -0.4 is 15.1 Å². The predicted molar refractivity (Wildman–Crippen MR) is 135 cm³/mol. The Morgan fingerprint density at radius 3 is 2.17 bits per heavy atom. The molecule has 0 aromatic heterocycles. The zero-order chi connectivity index (χ0) is 26.2. The molecule has 2 aromatic rings. The molecule has 5 rings (SSSR count). The van der Waals surface area contributed by atoms with E-state index in [-0.39, 0.29) is 10.7 Å². The highest BCUT2D eigenvalue weighted by Gasteiger charge is 2.77. The molecule has 1 fully saturated rings. The van der Waals surface area contributed by atoms with Crippen molar-refractivity contribution in [1.29, 1.82) is 0 Å². The number of carbonyl (C=O) groups is 4. The molecule has 3 aliphatic rings. The van der Waals surface area contributed by atoms with Crippen LogP contribution in [0.3, 0.4) is 0 Å². The monoisotopic (exact) mass is 507 g/mol. The zero-order valence-corrected chi connectivity index (χ0v) is 21.3. The summed E-state index contributed by atoms with van der Waals surface area (Å²) in [6.07, 6.45) is -0.903. The van der Waals surface area contributed by atoms with E-state index in [4.69, 9.17) is 21.7 Å². The van der Waals surface area contributed by atoms with Gasteiger partial charge in [0.15, 0.2) is 5.54 Å². The molecule has 2 aromatic carbocycles. The van der Waals surface area contributed by atoms with Crippen LogP contribution in [0.1, 0.15) is 31.9 Å². The zero-order valence-electron chi connectivity index (χ0n) is 20.4. The van der Waals surface area contributed by atoms with Gasteiger partial charge in [0, 0.05) is 18.3 Å². The third-order valence-electron chi connectivity index (χ3n) is 6.99. The molecule has 3 amide bonds. The van der Waals surface area contributed by atoms with Crippen LogP contribution in [0.15, 0.2) is 48.5 Å². The van der Waals surface area contributed by atoms with E-state index in [1.54, 1.807) is 76.3 Å². The van der Waals surface area contributed by atoms with Crippen molar-refractivity contribution >= 4 is 52.5 Å². The molecule has 9 nitrogen and oxygen atoms in total. The number of imide groups is 1. The molecule has 10 heteroatoms. The van der Waals surface area contributed by atoms with Gasteiger partial charge < -0.3 is 19.7 Å². The van der Waals surface area contributed by atoms with Gasteiger partial charge in [-0.15, -0.1) is 0 Å². The van der Waals surface area contributed by atoms with Gasteiger partial charge in [0.1, 0.15) is 16.9 Å². The fourth-order valence-corrected chi connectivity index (χ4v) is 6.13. The number of hydrogen-bond donors (Lipinski definition) is 1. The van der Waals surface area contributed by atoms with Gasteiger partial charge in [-0.3, -0.25) is 14.4 Å². The van der Waals surface area contributed by atoms with E-state index in [1.165, 1.54) is 12.0 Å². The number of amides is 3. The SMILES string of the molecule is COC(=O)[C@H]1[C@]2(C(=O)N(C(=O)OC(C)(C)C)c3ccccc32)C(=S)N[C@]12C(=O)N(C)c1ccccc12. The van der Waals surface area contributed by atoms with Crippen LogP contribution in [0.4, 0.5) is 16.2 Å². The van der Waals surface area contributed by atoms with Crippen LogP contribution in [-0.2, 0) is 34.8 Å². The Balaban J connectivity index is 1.80. The number of para-hydroxylation sites is 2. The number of methoxy groups -OCH3 is 1. The second-order valence-electron chi connectivity index (χ2n) is 10.0. The van der Waals surface area contributed by atoms with Crippen LogP contribution in [0, 0.1) is 5.92 Å². The van der Waals surface area contributed by atoms with Gasteiger partial charge in [0.05, 0.1) is 17.8 Å². The van der Waals surface area contributed by atoms with Gasteiger partial charge in [-0.1, -0.05) is 48.6 Å². The van der Waals surface area contributed by atoms with Crippen LogP contribution >= 0.6 is 12.2 Å². The summed E-state index contributed by atoms with van der Waals surface area (Å²) < 4.78 is 10.7. The smallest absolute Gasteiger partial charge is 0.421 e. The lowest BCUT2D eigenvalue weighted by molar-refractivity contribution is -0.154. The van der Waals surface area contributed by atoms with Crippen molar-refractivity contribution < 1.29 is 28.7 Å². The molecule has 0 radical (unpaired) electrons. The van der Waals surface area contributed by atoms with Gasteiger partial charge in [0.25, 0.3) is 11.8 Å². The molecule has 0 unspecified atom stereocenters. The number of rotatable bonds is 1. The first-order valence-electron chi connectivity index (χ1n) is 11.4. The van der Waals surface area contributed by atoms with E-state index in [0.29, 0.717) is 16.8 Å². The number of fused-ring (bicyclic) bond motifs is 4. The summed E-state index contributed by atoms with van der Waals surface area (Å²) in [7, 11) is 2.79. The Hall–Kier alpha value is -3.79. The van der Waals surface area contributed by atoms with E-state index in [9.17, 15) is 19.2 Å². The number of hydrogen-bond acceptors (Lipinski definition) is 7. The number of nitrogens with one attached hydrogen (secondary N) is 1. The number of esters is 1. The second-order valence-corrected chi connectivity index (χ2v) is 10.5. The van der Waals surface area contributed by atoms with Gasteiger partial charge in [-0.25, -0.2) is 9.69 Å². The fraction of sp³-hybridized carbons (Fsp3) is 0.346. The number of ether oxygens (including phenoxy) is 2. The minimum atomic E-state index is -1.87. The van der Waals surface area contributed by atoms with E-state index in [1.807, 2.05) is 0 Å². The molecular weight excluding hydrogens is 482 g/mol. The summed E-state index contributed by atoms with van der Waals surface area (Å²) in [6.45, 7) is 5.06. The largest absolute Gasteiger partial charge is 0.469 e. The first kappa shape index (κ1) is 23.9. The average molecular weight is 508 g/mol. The van der Waals surface area contributed by atoms with E-state index < -0.39 is 46.3 Å². The number of thiocarbonyl (C=S) groups is 1. The van der Waals surface area contributed by atoms with Crippen LogP contribution in [0.5, 0.6) is 0 Å². The molecule has 2 spiro atoms. The van der Waals surface area contributed by atoms with E-state index in [2.05, 4.69) is 5.32 Å². The van der Waals surface area contributed by atoms with E-state index in [0.717, 1.165) is 4.90 Å². The molecule has 1 saturated heterocycles. The Morgan fingerprint density at radius 1 is 0.972 bits per heavy atom. The van der Waals surface area contributed by atoms with Crippen molar-refractivity contribution in [2.75, 3.05) is 24.0 Å². The summed E-state index contributed by atoms with van der Waals surface area (Å²) in [4.78, 5) is 57.5. The normalized spacial score (nSPS) is 26.4. The Bertz CT molecular complexity index is 1370. The van der Waals surface area contributed by atoms with E-state index >= 15 is 0 Å². The number of nitrogens with zero attached hydrogens (tertiary/aromatic N) is 2. The maximum absolute atomic E-state index is 14.4. The Kier molecular flexibility index (Phi) is 5.05. The molecule has 3 atom stereocenters. The summed E-state index contributed by atoms with van der Waals surface area (Å²) in [5.74, 6) is -3.47. The highest BCUT2D eigenvalue weighted by molar-refractivity contribution is 7.80. The van der Waals surface area contributed by atoms with Gasteiger partial charge in [-0.05, 0) is 38.5 Å². The minimum Gasteiger partial charge on any atom is -0.469 e. The van der Waals surface area contributed by atoms with Gasteiger partial charge in [0.2, 0.25) is 0 Å². The van der Waals surface area contributed by atoms with Crippen LogP contribution in [0.2, 0.25) is 0 Å². The lowest BCUT2D eigenvalue weighted by atomic mass is 9.65. The second kappa shape index (κ2) is 7.60. The third-order valence-corrected chi connectivity index (χ3v) is 7.41. The third kappa shape index (κ3) is 2.78. The van der Waals surface area contributed by atoms with Crippen molar-refractivity contribution in [2.45, 2.75) is 37.3 Å². The van der Waals surface area contributed by atoms with Gasteiger partial charge in [-0.2, -0.15) is 0 Å². The molecule has 0 bridgehead atoms. The predicted octanol–water partition coefficient (Wildman–Crippen LogP) is 2.80. The molecule has 0 saturated carbocycles. The van der Waals surface area contributed by atoms with Crippen molar-refractivity contribution in [2.24, 2.45) is 5.92 Å². The van der Waals surface area contributed by atoms with Crippen molar-refractivity contribution in [3.8, 4) is 0 Å². The summed E-state index contributed by atoms with van der Waals surface area (Å²) in [5, 5.41) is 3.08. The van der Waals surface area contributed by atoms with Crippen molar-refractivity contribution in [1.82, 2.24) is 5.32 Å². The highest BCUT2D eigenvalue weighted by Crippen LogP contribution is 2.60. The molecule has 0 aliphatic carbocycles. The Labute approximate surface area is 213 Å². The summed E-state index contributed by atoms with van der Waals surface area (Å²) in [5.41, 5.74) is -2.83. The molecule has 3 aliphatic heterocycles. The summed E-state index contributed by atoms with van der Waals surface area (Å²) in [6, 6.07) is 13.6. The number of benzene rings is 2. The van der Waals surface area contributed by atoms with Crippen molar-refractivity contribution in [3.05, 3.63) is 59.7 Å². The molecule has 3 heterocycles. The van der Waals surface area contributed by atoms with Crippen molar-refractivity contribution in [3.63, 3.8) is 0 Å².